The lowest BCUT2D eigenvalue weighted by Crippen LogP contribution is -1.90. The van der Waals surface area contributed by atoms with Gasteiger partial charge in [-0.3, -0.25) is 4.57 Å². The van der Waals surface area contributed by atoms with Crippen LogP contribution < -0.4 is 0 Å². The Balaban J connectivity index is 3.52. The molecule has 0 heterocycles. The highest BCUT2D eigenvalue weighted by molar-refractivity contribution is 7.55. The predicted molar refractivity (Wildman–Crippen MR) is 50.5 cm³/mol. The molecule has 0 fully saturated rings. The third kappa shape index (κ3) is 5.39. The van der Waals surface area contributed by atoms with E-state index in [0.29, 0.717) is 0 Å². The van der Waals surface area contributed by atoms with Gasteiger partial charge in [-0.2, -0.15) is 8.15 Å². The van der Waals surface area contributed by atoms with E-state index in [0.717, 1.165) is 25.7 Å². The summed E-state index contributed by atoms with van der Waals surface area (Å²) in [5, 5.41) is 0. The van der Waals surface area contributed by atoms with Gasteiger partial charge in [-0.1, -0.05) is 26.2 Å². The van der Waals surface area contributed by atoms with E-state index in [1.54, 1.807) is 0 Å². The first kappa shape index (κ1) is 12.7. The summed E-state index contributed by atoms with van der Waals surface area (Å²) in [6, 6.07) is 0. The molecule has 0 unspecified atom stereocenters. The summed E-state index contributed by atoms with van der Waals surface area (Å²) in [7, 11) is -3.19. The Morgan fingerprint density at radius 2 is 1.75 bits per heavy atom. The Morgan fingerprint density at radius 1 is 1.17 bits per heavy atom. The van der Waals surface area contributed by atoms with E-state index >= 15 is 0 Å². The molecule has 0 aromatic carbocycles. The fourth-order valence-electron chi connectivity index (χ4n) is 0.812. The molecule has 0 spiro atoms. The summed E-state index contributed by atoms with van der Waals surface area (Å²) in [6.45, 7) is 2.09. The Labute approximate surface area is 83.2 Å². The molecule has 6 heteroatoms. The van der Waals surface area contributed by atoms with E-state index in [-0.39, 0.29) is 6.16 Å². The monoisotopic (exact) mass is 234 g/mol. The van der Waals surface area contributed by atoms with E-state index in [1.807, 2.05) is 0 Å². The summed E-state index contributed by atoms with van der Waals surface area (Å²) >= 11 is 9.90. The molecular weight excluding hydrogens is 222 g/mol. The quantitative estimate of drug-likeness (QED) is 0.492. The first-order valence-electron chi connectivity index (χ1n) is 3.88. The largest absolute Gasteiger partial charge is 0.363 e. The van der Waals surface area contributed by atoms with E-state index in [2.05, 4.69) is 15.1 Å². The van der Waals surface area contributed by atoms with Gasteiger partial charge in [0.25, 0.3) is 0 Å². The molecule has 0 aromatic rings. The molecule has 74 valence electrons. The molecule has 0 aliphatic carbocycles. The summed E-state index contributed by atoms with van der Waals surface area (Å²) in [5.74, 6) is 0. The molecule has 0 bridgehead atoms. The fraction of sp³-hybridized carbons (Fsp3) is 1.00. The number of unbranched alkanes of at least 4 members (excludes halogenated alkanes) is 3. The van der Waals surface area contributed by atoms with Crippen LogP contribution in [0.4, 0.5) is 0 Å². The van der Waals surface area contributed by atoms with E-state index in [4.69, 9.17) is 23.7 Å². The van der Waals surface area contributed by atoms with E-state index in [1.165, 1.54) is 0 Å². The van der Waals surface area contributed by atoms with Gasteiger partial charge in [-0.15, -0.1) is 0 Å². The summed E-state index contributed by atoms with van der Waals surface area (Å²) in [4.78, 5) is 0. The highest BCUT2D eigenvalue weighted by atomic mass is 35.5. The normalized spacial score (nSPS) is 11.9. The second-order valence-corrected chi connectivity index (χ2v) is 5.31. The van der Waals surface area contributed by atoms with Crippen molar-refractivity contribution in [2.24, 2.45) is 0 Å². The maximum Gasteiger partial charge on any atom is 0.363 e. The molecule has 0 radical (unpaired) electrons. The molecule has 0 rings (SSSR count). The van der Waals surface area contributed by atoms with Crippen LogP contribution in [0.3, 0.4) is 0 Å². The molecule has 0 amide bonds. The van der Waals surface area contributed by atoms with Crippen molar-refractivity contribution in [3.63, 3.8) is 0 Å². The highest BCUT2D eigenvalue weighted by Gasteiger charge is 2.23. The van der Waals surface area contributed by atoms with Crippen LogP contribution in [-0.4, -0.2) is 6.16 Å². The van der Waals surface area contributed by atoms with Crippen LogP contribution in [0.5, 0.6) is 0 Å². The van der Waals surface area contributed by atoms with Crippen LogP contribution in [0, 0.1) is 0 Å². The van der Waals surface area contributed by atoms with Crippen molar-refractivity contribution in [2.45, 2.75) is 32.6 Å². The molecule has 3 nitrogen and oxygen atoms in total. The van der Waals surface area contributed by atoms with Gasteiger partial charge >= 0.3 is 7.60 Å². The number of hydrogen-bond acceptors (Lipinski definition) is 3. The summed E-state index contributed by atoms with van der Waals surface area (Å²) < 4.78 is 19.5. The van der Waals surface area contributed by atoms with Gasteiger partial charge in [0.2, 0.25) is 0 Å². The second-order valence-electron chi connectivity index (χ2n) is 2.53. The zero-order valence-electron chi connectivity index (χ0n) is 6.96. The third-order valence-electron chi connectivity index (χ3n) is 1.50. The molecule has 0 saturated carbocycles. The van der Waals surface area contributed by atoms with Gasteiger partial charge < -0.3 is 0 Å². The average Bonchev–Trinajstić information content (AvgIpc) is 2.12. The van der Waals surface area contributed by atoms with Crippen molar-refractivity contribution in [3.05, 3.63) is 0 Å². The molecule has 0 N–H and O–H groups in total. The van der Waals surface area contributed by atoms with Gasteiger partial charge in [-0.05, 0) is 6.42 Å². The molecule has 0 aliphatic heterocycles. The lowest BCUT2D eigenvalue weighted by atomic mass is 10.2. The van der Waals surface area contributed by atoms with E-state index in [9.17, 15) is 4.57 Å². The van der Waals surface area contributed by atoms with Crippen LogP contribution in [0.15, 0.2) is 0 Å². The maximum absolute atomic E-state index is 11.2. The van der Waals surface area contributed by atoms with Gasteiger partial charge in [0, 0.05) is 0 Å². The highest BCUT2D eigenvalue weighted by Crippen LogP contribution is 2.51. The van der Waals surface area contributed by atoms with Crippen LogP contribution in [-0.2, 0) is 12.7 Å². The van der Waals surface area contributed by atoms with Gasteiger partial charge in [0.15, 0.2) is 0 Å². The Bertz CT molecular complexity index is 146. The van der Waals surface area contributed by atoms with Crippen molar-refractivity contribution in [1.82, 2.24) is 0 Å². The minimum atomic E-state index is -3.19. The molecule has 0 saturated heterocycles. The number of hydrogen-bond donors (Lipinski definition) is 0. The molecule has 12 heavy (non-hydrogen) atoms. The number of rotatable bonds is 7. The number of halogens is 2. The first-order chi connectivity index (χ1) is 5.68. The first-order valence-corrected chi connectivity index (χ1v) is 6.22. The van der Waals surface area contributed by atoms with Crippen molar-refractivity contribution >= 4 is 31.3 Å². The van der Waals surface area contributed by atoms with Gasteiger partial charge in [-0.25, -0.2) is 0 Å². The van der Waals surface area contributed by atoms with E-state index < -0.39 is 7.60 Å². The van der Waals surface area contributed by atoms with Crippen molar-refractivity contribution in [2.75, 3.05) is 6.16 Å². The van der Waals surface area contributed by atoms with Crippen LogP contribution in [0.2, 0.25) is 0 Å². The van der Waals surface area contributed by atoms with Crippen molar-refractivity contribution < 1.29 is 12.7 Å². The van der Waals surface area contributed by atoms with Crippen molar-refractivity contribution in [1.29, 1.82) is 0 Å². The topological polar surface area (TPSA) is 35.5 Å². The molecular formula is C6H13Cl2O3P. The fourth-order valence-corrected chi connectivity index (χ4v) is 2.25. The third-order valence-corrected chi connectivity index (χ3v) is 4.04. The SMILES string of the molecule is CCCCCCP(=O)(OCl)OCl. The van der Waals surface area contributed by atoms with Crippen LogP contribution >= 0.6 is 31.3 Å². The Kier molecular flexibility index (Phi) is 7.60. The maximum atomic E-state index is 11.2. The van der Waals surface area contributed by atoms with Gasteiger partial charge in [0.1, 0.15) is 0 Å². The molecule has 0 aliphatic rings. The molecule has 0 aromatic heterocycles. The smallest absolute Gasteiger partial charge is 0.257 e. The predicted octanol–water partition coefficient (Wildman–Crippen LogP) is 4.10. The zero-order chi connectivity index (χ0) is 9.45. The lowest BCUT2D eigenvalue weighted by Gasteiger charge is -2.07. The Hall–Kier alpha value is 0.730. The van der Waals surface area contributed by atoms with Crippen LogP contribution in [0.1, 0.15) is 32.6 Å². The lowest BCUT2D eigenvalue weighted by molar-refractivity contribution is 0.413. The summed E-state index contributed by atoms with van der Waals surface area (Å²) in [5.41, 5.74) is 0. The van der Waals surface area contributed by atoms with Crippen LogP contribution in [0.25, 0.3) is 0 Å². The summed E-state index contributed by atoms with van der Waals surface area (Å²) in [6.07, 6.45) is 4.24. The second kappa shape index (κ2) is 7.16. The Morgan fingerprint density at radius 3 is 2.17 bits per heavy atom. The van der Waals surface area contributed by atoms with Crippen molar-refractivity contribution in [3.8, 4) is 0 Å². The minimum absolute atomic E-state index is 0.278. The standard InChI is InChI=1S/C6H13Cl2O3P/c1-2-3-4-5-6-12(9,10-7)11-8/h2-6H2,1H3. The zero-order valence-corrected chi connectivity index (χ0v) is 9.37. The average molecular weight is 235 g/mol. The van der Waals surface area contributed by atoms with Gasteiger partial charge in [0.05, 0.1) is 29.9 Å². The minimum Gasteiger partial charge on any atom is -0.257 e. The molecule has 0 atom stereocenters.